The summed E-state index contributed by atoms with van der Waals surface area (Å²) in [6.07, 6.45) is 0.738. The van der Waals surface area contributed by atoms with Crippen molar-refractivity contribution in [3.8, 4) is 12.0 Å². The lowest BCUT2D eigenvalue weighted by Gasteiger charge is -1.84. The molecule has 1 aliphatic heterocycles. The predicted molar refractivity (Wildman–Crippen MR) is 30.4 cm³/mol. The van der Waals surface area contributed by atoms with Crippen LogP contribution in [0, 0.1) is 11.3 Å². The predicted octanol–water partition coefficient (Wildman–Crippen LogP) is 0.481. The number of hydrogen-bond acceptors (Lipinski definition) is 4. The summed E-state index contributed by atoms with van der Waals surface area (Å²) in [4.78, 5) is 0. The van der Waals surface area contributed by atoms with E-state index in [9.17, 15) is 0 Å². The third-order valence-electron chi connectivity index (χ3n) is 1.44. The van der Waals surface area contributed by atoms with Gasteiger partial charge in [0.25, 0.3) is 0 Å². The van der Waals surface area contributed by atoms with Gasteiger partial charge in [-0.25, -0.2) is 0 Å². The lowest BCUT2D eigenvalue weighted by atomic mass is 10.2. The Morgan fingerprint density at radius 3 is 3.30 bits per heavy atom. The molecule has 0 aliphatic carbocycles. The quantitative estimate of drug-likeness (QED) is 0.520. The monoisotopic (exact) mass is 136 g/mol. The summed E-state index contributed by atoms with van der Waals surface area (Å²) in [5.74, 6) is 0.413. The van der Waals surface area contributed by atoms with Crippen molar-refractivity contribution < 1.29 is 9.26 Å². The Kier molecular flexibility index (Phi) is 0.921. The molecule has 0 aromatic carbocycles. The summed E-state index contributed by atoms with van der Waals surface area (Å²) in [5.41, 5.74) is 1.16. The molecule has 50 valence electrons. The van der Waals surface area contributed by atoms with Crippen LogP contribution in [0.15, 0.2) is 4.52 Å². The molecule has 1 aromatic rings. The fourth-order valence-corrected chi connectivity index (χ4v) is 0.962. The molecule has 4 nitrogen and oxygen atoms in total. The van der Waals surface area contributed by atoms with E-state index in [1.54, 1.807) is 0 Å². The van der Waals surface area contributed by atoms with Gasteiger partial charge in [-0.3, -0.25) is 0 Å². The molecule has 0 atom stereocenters. The maximum Gasteiger partial charge on any atom is 0.315 e. The molecule has 1 aliphatic rings. The van der Waals surface area contributed by atoms with Crippen molar-refractivity contribution in [2.45, 2.75) is 6.42 Å². The number of nitrogens with zero attached hydrogens (tertiary/aromatic N) is 2. The van der Waals surface area contributed by atoms with Gasteiger partial charge in [0.2, 0.25) is 0 Å². The molecule has 0 unspecified atom stereocenters. The lowest BCUT2D eigenvalue weighted by Crippen LogP contribution is -1.89. The van der Waals surface area contributed by atoms with Gasteiger partial charge in [0.15, 0.2) is 5.69 Å². The molecule has 2 rings (SSSR count). The van der Waals surface area contributed by atoms with Crippen molar-refractivity contribution in [1.29, 1.82) is 5.26 Å². The summed E-state index contributed by atoms with van der Waals surface area (Å²) in [5, 5.41) is 12.0. The van der Waals surface area contributed by atoms with E-state index in [0.29, 0.717) is 18.2 Å². The summed E-state index contributed by atoms with van der Waals surface area (Å²) in [6, 6.07) is 1.92. The van der Waals surface area contributed by atoms with Crippen LogP contribution >= 0.6 is 0 Å². The van der Waals surface area contributed by atoms with E-state index in [0.717, 1.165) is 12.0 Å². The number of ether oxygens (including phenoxy) is 1. The summed E-state index contributed by atoms with van der Waals surface area (Å²) in [7, 11) is 0. The van der Waals surface area contributed by atoms with E-state index in [1.807, 2.05) is 6.07 Å². The van der Waals surface area contributed by atoms with Crippen molar-refractivity contribution in [1.82, 2.24) is 5.16 Å². The maximum absolute atomic E-state index is 8.46. The SMILES string of the molecule is N#Cc1noc2c1CCO2. The Morgan fingerprint density at radius 2 is 2.50 bits per heavy atom. The molecule has 0 fully saturated rings. The van der Waals surface area contributed by atoms with Crippen molar-refractivity contribution in [3.05, 3.63) is 11.3 Å². The number of nitriles is 1. The maximum atomic E-state index is 8.46. The number of rotatable bonds is 0. The van der Waals surface area contributed by atoms with Crippen LogP contribution in [0.5, 0.6) is 5.95 Å². The van der Waals surface area contributed by atoms with Crippen LogP contribution in [0.1, 0.15) is 11.3 Å². The second-order valence-electron chi connectivity index (χ2n) is 2.01. The van der Waals surface area contributed by atoms with Gasteiger partial charge in [-0.05, 0) is 0 Å². The van der Waals surface area contributed by atoms with Crippen LogP contribution in [0.25, 0.3) is 0 Å². The van der Waals surface area contributed by atoms with Crippen LogP contribution in [0.3, 0.4) is 0 Å². The molecule has 1 aromatic heterocycles. The van der Waals surface area contributed by atoms with E-state index in [4.69, 9.17) is 14.5 Å². The third-order valence-corrected chi connectivity index (χ3v) is 1.44. The van der Waals surface area contributed by atoms with Crippen molar-refractivity contribution in [2.75, 3.05) is 6.61 Å². The van der Waals surface area contributed by atoms with E-state index in [-0.39, 0.29) is 0 Å². The highest BCUT2D eigenvalue weighted by Crippen LogP contribution is 2.26. The van der Waals surface area contributed by atoms with Crippen LogP contribution in [0.2, 0.25) is 0 Å². The number of aromatic nitrogens is 1. The highest BCUT2D eigenvalue weighted by molar-refractivity contribution is 5.38. The van der Waals surface area contributed by atoms with Crippen molar-refractivity contribution in [3.63, 3.8) is 0 Å². The molecule has 0 saturated heterocycles. The average Bonchev–Trinajstić information content (AvgIpc) is 2.44. The van der Waals surface area contributed by atoms with Gasteiger partial charge >= 0.3 is 5.95 Å². The van der Waals surface area contributed by atoms with Gasteiger partial charge in [0.1, 0.15) is 6.07 Å². The highest BCUT2D eigenvalue weighted by atomic mass is 16.6. The molecule has 0 amide bonds. The van der Waals surface area contributed by atoms with E-state index >= 15 is 0 Å². The Bertz CT molecular complexity index is 297. The second kappa shape index (κ2) is 1.74. The van der Waals surface area contributed by atoms with E-state index < -0.39 is 0 Å². The normalized spacial score (nSPS) is 13.9. The zero-order valence-corrected chi connectivity index (χ0v) is 5.13. The average molecular weight is 136 g/mol. The zero-order valence-electron chi connectivity index (χ0n) is 5.13. The van der Waals surface area contributed by atoms with Gasteiger partial charge in [-0.2, -0.15) is 5.26 Å². The molecule has 0 spiro atoms. The fraction of sp³-hybridized carbons (Fsp3) is 0.333. The third kappa shape index (κ3) is 0.517. The smallest absolute Gasteiger partial charge is 0.315 e. The van der Waals surface area contributed by atoms with Crippen LogP contribution in [-0.4, -0.2) is 11.8 Å². The highest BCUT2D eigenvalue weighted by Gasteiger charge is 2.22. The van der Waals surface area contributed by atoms with Gasteiger partial charge in [-0.15, -0.1) is 0 Å². The molecule has 0 N–H and O–H groups in total. The molecule has 0 saturated carbocycles. The Morgan fingerprint density at radius 1 is 1.60 bits per heavy atom. The lowest BCUT2D eigenvalue weighted by molar-refractivity contribution is 0.237. The van der Waals surface area contributed by atoms with Gasteiger partial charge < -0.3 is 9.26 Å². The molecule has 10 heavy (non-hydrogen) atoms. The number of hydrogen-bond donors (Lipinski definition) is 0. The fourth-order valence-electron chi connectivity index (χ4n) is 0.962. The first-order valence-electron chi connectivity index (χ1n) is 2.93. The Labute approximate surface area is 57.0 Å². The molecule has 2 heterocycles. The van der Waals surface area contributed by atoms with E-state index in [2.05, 4.69) is 5.16 Å². The minimum absolute atomic E-state index is 0.354. The van der Waals surface area contributed by atoms with Gasteiger partial charge in [0.05, 0.1) is 12.2 Å². The first-order valence-corrected chi connectivity index (χ1v) is 2.93. The Balaban J connectivity index is 2.57. The van der Waals surface area contributed by atoms with Crippen LogP contribution in [0.4, 0.5) is 0 Å². The largest absolute Gasteiger partial charge is 0.463 e. The zero-order chi connectivity index (χ0) is 6.97. The molecule has 0 bridgehead atoms. The first kappa shape index (κ1) is 5.30. The summed E-state index contributed by atoms with van der Waals surface area (Å²) >= 11 is 0. The first-order chi connectivity index (χ1) is 4.92. The summed E-state index contributed by atoms with van der Waals surface area (Å²) in [6.45, 7) is 0.603. The van der Waals surface area contributed by atoms with Crippen molar-refractivity contribution in [2.24, 2.45) is 0 Å². The van der Waals surface area contributed by atoms with E-state index in [1.165, 1.54) is 0 Å². The van der Waals surface area contributed by atoms with Crippen LogP contribution < -0.4 is 4.74 Å². The van der Waals surface area contributed by atoms with Gasteiger partial charge in [-0.1, -0.05) is 5.16 Å². The molecule has 4 heteroatoms. The number of fused-ring (bicyclic) bond motifs is 1. The minimum Gasteiger partial charge on any atom is -0.463 e. The second-order valence-corrected chi connectivity index (χ2v) is 2.01. The minimum atomic E-state index is 0.354. The molecular formula is C6H4N2O2. The van der Waals surface area contributed by atoms with Crippen molar-refractivity contribution >= 4 is 0 Å². The van der Waals surface area contributed by atoms with Gasteiger partial charge in [0, 0.05) is 6.42 Å². The molecule has 0 radical (unpaired) electrons. The molecular weight excluding hydrogens is 132 g/mol. The standard InChI is InChI=1S/C6H4N2O2/c7-3-5-4-1-2-9-6(4)10-8-5/h1-2H2. The van der Waals surface area contributed by atoms with Crippen LogP contribution in [-0.2, 0) is 6.42 Å². The Hall–Kier alpha value is -1.50. The topological polar surface area (TPSA) is 59.0 Å². The summed E-state index contributed by atoms with van der Waals surface area (Å²) < 4.78 is 9.70.